The molecule has 2 aromatic heterocycles. The number of nitrogens with one attached hydrogen (secondary N) is 2. The topological polar surface area (TPSA) is 62.7 Å². The molecule has 0 unspecified atom stereocenters. The van der Waals surface area contributed by atoms with Gasteiger partial charge in [-0.1, -0.05) is 13.0 Å². The zero-order valence-corrected chi connectivity index (χ0v) is 13.3. The summed E-state index contributed by atoms with van der Waals surface area (Å²) in [6.45, 7) is 5.86. The summed E-state index contributed by atoms with van der Waals surface area (Å²) in [6.07, 6.45) is 0.896. The molecule has 2 N–H and O–H groups in total. The average molecular weight is 310 g/mol. The number of H-pyrrole nitrogens is 1. The number of aromatic nitrogens is 3. The van der Waals surface area contributed by atoms with E-state index in [1.165, 1.54) is 0 Å². The van der Waals surface area contributed by atoms with Gasteiger partial charge in [0.05, 0.1) is 4.88 Å². The third-order valence-corrected chi connectivity index (χ3v) is 4.37. The Morgan fingerprint density at radius 1 is 1.60 bits per heavy atom. The summed E-state index contributed by atoms with van der Waals surface area (Å²) in [7, 11) is 0. The Bertz CT molecular complexity index is 629. The summed E-state index contributed by atoms with van der Waals surface area (Å²) in [6, 6.07) is 3.67. The van der Waals surface area contributed by atoms with Crippen molar-refractivity contribution in [2.75, 3.05) is 0 Å². The van der Waals surface area contributed by atoms with Crippen molar-refractivity contribution in [1.82, 2.24) is 20.1 Å². The lowest BCUT2D eigenvalue weighted by atomic mass is 10.2. The number of amides is 1. The summed E-state index contributed by atoms with van der Waals surface area (Å²) in [5, 5.41) is 12.0. The van der Waals surface area contributed by atoms with Crippen LogP contribution in [-0.4, -0.2) is 26.7 Å². The molecule has 0 aliphatic carbocycles. The first kappa shape index (κ1) is 14.9. The lowest BCUT2D eigenvalue weighted by Gasteiger charge is -2.18. The molecule has 2 heterocycles. The van der Waals surface area contributed by atoms with Crippen LogP contribution in [0.1, 0.15) is 33.2 Å². The summed E-state index contributed by atoms with van der Waals surface area (Å²) in [5.41, 5.74) is 0. The van der Waals surface area contributed by atoms with Gasteiger partial charge in [0.25, 0.3) is 0 Å². The van der Waals surface area contributed by atoms with E-state index in [-0.39, 0.29) is 11.9 Å². The Hall–Kier alpha value is -1.47. The van der Waals surface area contributed by atoms with Gasteiger partial charge in [0, 0.05) is 6.04 Å². The number of carbonyl (C=O) groups is 1. The van der Waals surface area contributed by atoms with E-state index in [0.717, 1.165) is 11.3 Å². The van der Waals surface area contributed by atoms with E-state index >= 15 is 0 Å². The van der Waals surface area contributed by atoms with E-state index in [1.807, 2.05) is 38.3 Å². The second kappa shape index (κ2) is 6.32. The minimum absolute atomic E-state index is 0.0466. The summed E-state index contributed by atoms with van der Waals surface area (Å²) in [5.74, 6) is 0.659. The molecule has 2 aromatic rings. The van der Waals surface area contributed by atoms with Crippen LogP contribution in [-0.2, 0) is 4.79 Å². The van der Waals surface area contributed by atoms with Gasteiger partial charge < -0.3 is 5.32 Å². The van der Waals surface area contributed by atoms with Crippen molar-refractivity contribution < 1.29 is 4.79 Å². The highest BCUT2D eigenvalue weighted by Crippen LogP contribution is 2.25. The van der Waals surface area contributed by atoms with Crippen LogP contribution < -0.4 is 5.32 Å². The predicted octanol–water partition coefficient (Wildman–Crippen LogP) is 3.14. The lowest BCUT2D eigenvalue weighted by Crippen LogP contribution is -2.37. The summed E-state index contributed by atoms with van der Waals surface area (Å²) >= 11 is 6.82. The highest BCUT2D eigenvalue weighted by Gasteiger charge is 2.21. The molecule has 0 fully saturated rings. The van der Waals surface area contributed by atoms with Crippen molar-refractivity contribution in [2.24, 2.45) is 0 Å². The monoisotopic (exact) mass is 310 g/mol. The first-order chi connectivity index (χ1) is 9.54. The first-order valence-corrected chi connectivity index (χ1v) is 7.84. The van der Waals surface area contributed by atoms with E-state index in [0.29, 0.717) is 10.6 Å². The molecule has 2 atom stereocenters. The number of rotatable bonds is 5. The minimum Gasteiger partial charge on any atom is -0.352 e. The Morgan fingerprint density at radius 2 is 2.35 bits per heavy atom. The molecule has 0 bridgehead atoms. The molecule has 0 spiro atoms. The van der Waals surface area contributed by atoms with Crippen LogP contribution in [0, 0.1) is 4.77 Å². The van der Waals surface area contributed by atoms with E-state index in [2.05, 4.69) is 15.5 Å². The fourth-order valence-electron chi connectivity index (χ4n) is 1.83. The van der Waals surface area contributed by atoms with E-state index in [1.54, 1.807) is 15.9 Å². The maximum absolute atomic E-state index is 12.3. The van der Waals surface area contributed by atoms with E-state index in [9.17, 15) is 4.79 Å². The zero-order valence-electron chi connectivity index (χ0n) is 11.7. The van der Waals surface area contributed by atoms with Crippen molar-refractivity contribution in [3.8, 4) is 10.7 Å². The van der Waals surface area contributed by atoms with E-state index in [4.69, 9.17) is 12.2 Å². The Labute approximate surface area is 127 Å². The molecule has 0 aliphatic heterocycles. The van der Waals surface area contributed by atoms with Crippen molar-refractivity contribution in [3.05, 3.63) is 22.3 Å². The van der Waals surface area contributed by atoms with Gasteiger partial charge in [-0.15, -0.1) is 11.3 Å². The second-order valence-corrected chi connectivity index (χ2v) is 6.03. The van der Waals surface area contributed by atoms with Gasteiger partial charge in [-0.2, -0.15) is 5.10 Å². The molecule has 0 saturated heterocycles. The maximum atomic E-state index is 12.3. The standard InChI is InChI=1S/C13H18N4OS2/c1-4-8(2)14-12(18)9(3)17-11(15-16-13(17)19)10-6-5-7-20-10/h5-9H,4H2,1-3H3,(H,14,18)(H,16,19)/t8-,9-/m0/s1. The molecular formula is C13H18N4OS2. The number of hydrogen-bond acceptors (Lipinski definition) is 4. The maximum Gasteiger partial charge on any atom is 0.243 e. The van der Waals surface area contributed by atoms with Crippen molar-refractivity contribution in [2.45, 2.75) is 39.3 Å². The van der Waals surface area contributed by atoms with Crippen LogP contribution in [0.25, 0.3) is 10.7 Å². The fraction of sp³-hybridized carbons (Fsp3) is 0.462. The molecule has 108 valence electrons. The van der Waals surface area contributed by atoms with Gasteiger partial charge in [-0.05, 0) is 43.9 Å². The third kappa shape index (κ3) is 2.99. The van der Waals surface area contributed by atoms with Crippen LogP contribution in [0.2, 0.25) is 0 Å². The SMILES string of the molecule is CC[C@H](C)NC(=O)[C@H](C)n1c(-c2cccs2)n[nH]c1=S. The average Bonchev–Trinajstić information content (AvgIpc) is 3.06. The van der Waals surface area contributed by atoms with Gasteiger partial charge in [0.15, 0.2) is 10.6 Å². The quantitative estimate of drug-likeness (QED) is 0.834. The molecule has 0 radical (unpaired) electrons. The zero-order chi connectivity index (χ0) is 14.7. The molecule has 20 heavy (non-hydrogen) atoms. The van der Waals surface area contributed by atoms with Crippen LogP contribution in [0.3, 0.4) is 0 Å². The number of hydrogen-bond donors (Lipinski definition) is 2. The van der Waals surface area contributed by atoms with Crippen LogP contribution in [0.15, 0.2) is 17.5 Å². The molecule has 0 aromatic carbocycles. The van der Waals surface area contributed by atoms with Crippen molar-refractivity contribution in [1.29, 1.82) is 0 Å². The Morgan fingerprint density at radius 3 is 2.95 bits per heavy atom. The highest BCUT2D eigenvalue weighted by atomic mass is 32.1. The van der Waals surface area contributed by atoms with E-state index < -0.39 is 6.04 Å². The number of aromatic amines is 1. The van der Waals surface area contributed by atoms with Crippen LogP contribution >= 0.6 is 23.6 Å². The smallest absolute Gasteiger partial charge is 0.243 e. The van der Waals surface area contributed by atoms with Crippen LogP contribution in [0.5, 0.6) is 0 Å². The van der Waals surface area contributed by atoms with Crippen molar-refractivity contribution >= 4 is 29.5 Å². The highest BCUT2D eigenvalue weighted by molar-refractivity contribution is 7.71. The second-order valence-electron chi connectivity index (χ2n) is 4.69. The Balaban J connectivity index is 2.31. The van der Waals surface area contributed by atoms with Crippen LogP contribution in [0.4, 0.5) is 0 Å². The summed E-state index contributed by atoms with van der Waals surface area (Å²) < 4.78 is 2.22. The third-order valence-electron chi connectivity index (χ3n) is 3.21. The van der Waals surface area contributed by atoms with Gasteiger partial charge in [0.2, 0.25) is 5.91 Å². The van der Waals surface area contributed by atoms with Crippen molar-refractivity contribution in [3.63, 3.8) is 0 Å². The molecular weight excluding hydrogens is 292 g/mol. The minimum atomic E-state index is -0.396. The first-order valence-electron chi connectivity index (χ1n) is 6.55. The predicted molar refractivity (Wildman–Crippen MR) is 83.3 cm³/mol. The van der Waals surface area contributed by atoms with Gasteiger partial charge in [-0.25, -0.2) is 0 Å². The molecule has 7 heteroatoms. The van der Waals surface area contributed by atoms with Gasteiger partial charge >= 0.3 is 0 Å². The number of thiophene rings is 1. The van der Waals surface area contributed by atoms with Gasteiger partial charge in [0.1, 0.15) is 6.04 Å². The normalized spacial score (nSPS) is 13.9. The molecule has 5 nitrogen and oxygen atoms in total. The molecule has 2 rings (SSSR count). The summed E-state index contributed by atoms with van der Waals surface area (Å²) in [4.78, 5) is 13.3. The number of nitrogens with zero attached hydrogens (tertiary/aromatic N) is 2. The molecule has 1 amide bonds. The number of carbonyl (C=O) groups excluding carboxylic acids is 1. The molecule has 0 saturated carbocycles. The Kier molecular flexibility index (Phi) is 4.72. The molecule has 0 aliphatic rings. The van der Waals surface area contributed by atoms with Gasteiger partial charge in [-0.3, -0.25) is 14.5 Å². The largest absolute Gasteiger partial charge is 0.352 e. The fourth-order valence-corrected chi connectivity index (χ4v) is 2.83. The lowest BCUT2D eigenvalue weighted by molar-refractivity contribution is -0.124.